The largest absolute Gasteiger partial charge is 0.480 e. The number of fused-ring (bicyclic) bond motifs is 1. The molecule has 2 unspecified atom stereocenters. The normalized spacial score (nSPS) is 25.0. The molecule has 3 rings (SSSR count). The number of carbonyl (C=O) groups is 2. The van der Waals surface area contributed by atoms with E-state index in [4.69, 9.17) is 21.4 Å². The van der Waals surface area contributed by atoms with Crippen LogP contribution in [-0.2, 0) is 24.2 Å². The van der Waals surface area contributed by atoms with Gasteiger partial charge in [0.05, 0.1) is 22.6 Å². The summed E-state index contributed by atoms with van der Waals surface area (Å²) in [4.78, 5) is 27.9. The zero-order valence-corrected chi connectivity index (χ0v) is 16.1. The number of amides is 1. The van der Waals surface area contributed by atoms with Crippen LogP contribution in [0.4, 0.5) is 10.1 Å². The van der Waals surface area contributed by atoms with Gasteiger partial charge in [0.2, 0.25) is 0 Å². The maximum Gasteiger partial charge on any atom is 0.329 e. The molecule has 1 N–H and O–H groups in total. The molecule has 2 aliphatic heterocycles. The average molecular weight is 437 g/mol. The molecule has 0 bridgehead atoms. The smallest absolute Gasteiger partial charge is 0.329 e. The summed E-state index contributed by atoms with van der Waals surface area (Å²) in [5.74, 6) is -2.73. The molecule has 1 amide bonds. The van der Waals surface area contributed by atoms with Crippen LogP contribution in [-0.4, -0.2) is 66.6 Å². The summed E-state index contributed by atoms with van der Waals surface area (Å²) < 4.78 is 42.1. The van der Waals surface area contributed by atoms with Crippen molar-refractivity contribution < 1.29 is 32.2 Å². The van der Waals surface area contributed by atoms with Gasteiger partial charge >= 0.3 is 5.97 Å². The van der Waals surface area contributed by atoms with Crippen LogP contribution in [0.2, 0.25) is 5.02 Å². The Morgan fingerprint density at radius 3 is 2.78 bits per heavy atom. The van der Waals surface area contributed by atoms with Gasteiger partial charge in [0.15, 0.2) is 15.0 Å². The Bertz CT molecular complexity index is 923. The van der Waals surface area contributed by atoms with E-state index >= 15 is 0 Å². The van der Waals surface area contributed by atoms with Crippen molar-refractivity contribution in [2.24, 2.45) is 4.99 Å². The van der Waals surface area contributed by atoms with Gasteiger partial charge in [0, 0.05) is 10.9 Å². The van der Waals surface area contributed by atoms with Gasteiger partial charge in [0.1, 0.15) is 19.0 Å². The number of aliphatic carboxylic acids is 1. The van der Waals surface area contributed by atoms with Crippen LogP contribution in [0.15, 0.2) is 23.2 Å². The van der Waals surface area contributed by atoms with Crippen LogP contribution < -0.4 is 4.90 Å². The van der Waals surface area contributed by atoms with Crippen molar-refractivity contribution in [3.63, 3.8) is 0 Å². The molecule has 0 saturated carbocycles. The van der Waals surface area contributed by atoms with E-state index in [1.807, 2.05) is 0 Å². The highest BCUT2D eigenvalue weighted by atomic mass is 35.5. The fraction of sp³-hybridized carbons (Fsp3) is 0.400. The second-order valence-electron chi connectivity index (χ2n) is 5.94. The van der Waals surface area contributed by atoms with Gasteiger partial charge < -0.3 is 14.7 Å². The summed E-state index contributed by atoms with van der Waals surface area (Å²) in [6.45, 7) is -1.16. The summed E-state index contributed by atoms with van der Waals surface area (Å²) in [6, 6.07) is 3.45. The van der Waals surface area contributed by atoms with Crippen molar-refractivity contribution in [3.8, 4) is 0 Å². The van der Waals surface area contributed by atoms with Crippen molar-refractivity contribution in [1.29, 1.82) is 0 Å². The van der Waals surface area contributed by atoms with Gasteiger partial charge in [0.25, 0.3) is 5.91 Å². The maximum atomic E-state index is 13.5. The molecule has 2 heterocycles. The van der Waals surface area contributed by atoms with Gasteiger partial charge in [-0.05, 0) is 18.2 Å². The number of aliphatic imine (C=N–C) groups is 1. The molecule has 8 nitrogen and oxygen atoms in total. The van der Waals surface area contributed by atoms with Crippen LogP contribution in [0, 0.1) is 5.82 Å². The predicted octanol–water partition coefficient (Wildman–Crippen LogP) is 1.18. The number of carbonyl (C=O) groups excluding carboxylic acids is 1. The number of rotatable bonds is 5. The van der Waals surface area contributed by atoms with Gasteiger partial charge in [-0.3, -0.25) is 4.79 Å². The number of benzene rings is 1. The van der Waals surface area contributed by atoms with E-state index in [0.717, 1.165) is 17.8 Å². The first kappa shape index (κ1) is 20.1. The number of halogens is 2. The number of hydrogen-bond donors (Lipinski definition) is 1. The molecule has 12 heteroatoms. The Labute approximate surface area is 163 Å². The number of ether oxygens (including phenoxy) is 1. The second-order valence-corrected chi connectivity index (χ2v) is 9.71. The van der Waals surface area contributed by atoms with Crippen molar-refractivity contribution in [2.75, 3.05) is 29.6 Å². The van der Waals surface area contributed by atoms with E-state index in [1.165, 1.54) is 12.1 Å². The summed E-state index contributed by atoms with van der Waals surface area (Å²) in [5, 5.41) is 8.30. The van der Waals surface area contributed by atoms with E-state index in [1.54, 1.807) is 4.90 Å². The Morgan fingerprint density at radius 2 is 2.11 bits per heavy atom. The van der Waals surface area contributed by atoms with Crippen LogP contribution in [0.3, 0.4) is 0 Å². The predicted molar refractivity (Wildman–Crippen MR) is 98.6 cm³/mol. The fourth-order valence-electron chi connectivity index (χ4n) is 2.87. The van der Waals surface area contributed by atoms with Crippen molar-refractivity contribution in [3.05, 3.63) is 29.0 Å². The van der Waals surface area contributed by atoms with E-state index < -0.39 is 46.8 Å². The molecule has 2 aliphatic rings. The summed E-state index contributed by atoms with van der Waals surface area (Å²) in [5.41, 5.74) is 0.413. The molecular formula is C15H14ClFN2O6S2. The Balaban J connectivity index is 1.88. The number of carboxylic acids is 1. The summed E-state index contributed by atoms with van der Waals surface area (Å²) >= 11 is 6.97. The fourth-order valence-corrected chi connectivity index (χ4v) is 6.97. The van der Waals surface area contributed by atoms with E-state index in [9.17, 15) is 22.4 Å². The average Bonchev–Trinajstić information content (AvgIpc) is 3.00. The Hall–Kier alpha value is -1.69. The highest BCUT2D eigenvalue weighted by Gasteiger charge is 2.49. The minimum atomic E-state index is -3.24. The maximum absolute atomic E-state index is 13.5. The van der Waals surface area contributed by atoms with E-state index in [2.05, 4.69) is 4.99 Å². The SMILES string of the molecule is O=C(O)COCC(=O)N=C1SC2CS(=O)(=O)CC2N1c1ccc(F)c(Cl)c1. The lowest BCUT2D eigenvalue weighted by atomic mass is 10.2. The second kappa shape index (κ2) is 7.74. The number of amidine groups is 1. The number of anilines is 1. The third-order valence-corrected chi connectivity index (χ3v) is 7.42. The van der Waals surface area contributed by atoms with Crippen LogP contribution in [0.1, 0.15) is 0 Å². The third kappa shape index (κ3) is 4.60. The number of nitrogens with zero attached hydrogens (tertiary/aromatic N) is 2. The summed E-state index contributed by atoms with van der Waals surface area (Å²) in [6.07, 6.45) is 0. The highest BCUT2D eigenvalue weighted by molar-refractivity contribution is 8.16. The van der Waals surface area contributed by atoms with Crippen LogP contribution >= 0.6 is 23.4 Å². The van der Waals surface area contributed by atoms with Crippen LogP contribution in [0.25, 0.3) is 0 Å². The zero-order valence-electron chi connectivity index (χ0n) is 13.7. The Morgan fingerprint density at radius 1 is 1.37 bits per heavy atom. The first-order chi connectivity index (χ1) is 12.7. The first-order valence-corrected chi connectivity index (χ1v) is 10.8. The highest BCUT2D eigenvalue weighted by Crippen LogP contribution is 2.41. The minimum absolute atomic E-state index is 0.0590. The molecule has 27 heavy (non-hydrogen) atoms. The molecule has 2 saturated heterocycles. The van der Waals surface area contributed by atoms with Crippen molar-refractivity contribution in [1.82, 2.24) is 0 Å². The molecule has 1 aromatic carbocycles. The molecule has 0 aromatic heterocycles. The number of carboxylic acid groups (broad SMARTS) is 1. The standard InChI is InChI=1S/C15H14ClFN2O6S2/c16-9-3-8(1-2-10(9)17)19-11-6-27(23,24)7-12(11)26-15(19)18-13(20)4-25-5-14(21)22/h1-3,11-12H,4-7H2,(H,21,22). The monoisotopic (exact) mass is 436 g/mol. The molecular weight excluding hydrogens is 423 g/mol. The van der Waals surface area contributed by atoms with Crippen molar-refractivity contribution in [2.45, 2.75) is 11.3 Å². The molecule has 146 valence electrons. The topological polar surface area (TPSA) is 113 Å². The van der Waals surface area contributed by atoms with Crippen LogP contribution in [0.5, 0.6) is 0 Å². The lowest BCUT2D eigenvalue weighted by molar-refractivity contribution is -0.143. The lowest BCUT2D eigenvalue weighted by Gasteiger charge is -2.24. The van der Waals surface area contributed by atoms with Gasteiger partial charge in [-0.15, -0.1) is 0 Å². The number of thioether (sulfide) groups is 1. The summed E-state index contributed by atoms with van der Waals surface area (Å²) in [7, 11) is -3.24. The van der Waals surface area contributed by atoms with E-state index in [0.29, 0.717) is 5.69 Å². The van der Waals surface area contributed by atoms with Gasteiger partial charge in [-0.2, -0.15) is 4.99 Å². The molecule has 0 radical (unpaired) electrons. The number of sulfone groups is 1. The molecule has 2 atom stereocenters. The zero-order chi connectivity index (χ0) is 19.8. The first-order valence-electron chi connectivity index (χ1n) is 7.69. The molecule has 1 aromatic rings. The van der Waals surface area contributed by atoms with Crippen molar-refractivity contribution >= 4 is 55.9 Å². The molecule has 0 aliphatic carbocycles. The number of hydrogen-bond acceptors (Lipinski definition) is 6. The molecule has 2 fully saturated rings. The Kier molecular flexibility index (Phi) is 5.75. The van der Waals surface area contributed by atoms with Gasteiger partial charge in [-0.1, -0.05) is 23.4 Å². The van der Waals surface area contributed by atoms with Gasteiger partial charge in [-0.25, -0.2) is 17.6 Å². The molecule has 0 spiro atoms. The van der Waals surface area contributed by atoms with E-state index in [-0.39, 0.29) is 26.9 Å². The third-order valence-electron chi connectivity index (χ3n) is 3.92. The minimum Gasteiger partial charge on any atom is -0.480 e. The lowest BCUT2D eigenvalue weighted by Crippen LogP contribution is -2.37. The quantitative estimate of drug-likeness (QED) is 0.732.